The van der Waals surface area contributed by atoms with E-state index in [9.17, 15) is 18.0 Å². The maximum absolute atomic E-state index is 12.8. The van der Waals surface area contributed by atoms with Crippen LogP contribution in [0.1, 0.15) is 44.2 Å². The lowest BCUT2D eigenvalue weighted by Gasteiger charge is -2.32. The number of carbonyl (C=O) groups excluding carboxylic acids is 2. The van der Waals surface area contributed by atoms with E-state index in [4.69, 9.17) is 27.9 Å². The predicted molar refractivity (Wildman–Crippen MR) is 113 cm³/mol. The molecule has 1 aromatic rings. The van der Waals surface area contributed by atoms with Gasteiger partial charge in [0.2, 0.25) is 0 Å². The van der Waals surface area contributed by atoms with Gasteiger partial charge >= 0.3 is 22.1 Å². The Morgan fingerprint density at radius 3 is 2.60 bits per heavy atom. The number of nitrogens with zero attached hydrogens (tertiary/aromatic N) is 1. The van der Waals surface area contributed by atoms with Gasteiger partial charge in [-0.25, -0.2) is 4.79 Å². The molecule has 0 spiro atoms. The zero-order valence-electron chi connectivity index (χ0n) is 16.7. The van der Waals surface area contributed by atoms with Crippen LogP contribution in [-0.2, 0) is 29.3 Å². The van der Waals surface area contributed by atoms with Crippen molar-refractivity contribution < 1.29 is 27.5 Å². The molecular weight excluding hydrogens is 455 g/mol. The number of benzene rings is 1. The van der Waals surface area contributed by atoms with Crippen molar-refractivity contribution in [3.8, 4) is 0 Å². The highest BCUT2D eigenvalue weighted by molar-refractivity contribution is 7.87. The molecule has 1 atom stereocenters. The Labute approximate surface area is 186 Å². The summed E-state index contributed by atoms with van der Waals surface area (Å²) < 4.78 is 38.8. The highest BCUT2D eigenvalue weighted by Gasteiger charge is 2.37. The summed E-state index contributed by atoms with van der Waals surface area (Å²) in [5.41, 5.74) is 0.459. The fourth-order valence-corrected chi connectivity index (χ4v) is 4.60. The summed E-state index contributed by atoms with van der Waals surface area (Å²) in [4.78, 5) is 24.0. The molecule has 0 saturated carbocycles. The normalized spacial score (nSPS) is 17.9. The molecule has 11 heteroatoms. The summed E-state index contributed by atoms with van der Waals surface area (Å²) in [6.07, 6.45) is 3.01. The second-order valence-corrected chi connectivity index (χ2v) is 9.08. The van der Waals surface area contributed by atoms with Crippen LogP contribution in [0.25, 0.3) is 0 Å². The van der Waals surface area contributed by atoms with E-state index in [2.05, 4.69) is 9.46 Å². The summed E-state index contributed by atoms with van der Waals surface area (Å²) in [7, 11) is -2.73. The molecular formula is C19H24Cl2N2O6S. The Hall–Kier alpha value is -1.81. The van der Waals surface area contributed by atoms with Crippen LogP contribution in [0.5, 0.6) is 0 Å². The Kier molecular flexibility index (Phi) is 8.96. The van der Waals surface area contributed by atoms with Crippen LogP contribution in [0.15, 0.2) is 30.0 Å². The average molecular weight is 479 g/mol. The van der Waals surface area contributed by atoms with Gasteiger partial charge in [0.15, 0.2) is 0 Å². The van der Waals surface area contributed by atoms with Crippen molar-refractivity contribution >= 4 is 45.3 Å². The zero-order chi connectivity index (χ0) is 22.3. The molecule has 8 nitrogen and oxygen atoms in total. The first-order valence-corrected chi connectivity index (χ1v) is 11.6. The maximum atomic E-state index is 12.8. The number of hydrogen-bond donors (Lipinski definition) is 1. The lowest BCUT2D eigenvalue weighted by Crippen LogP contribution is -2.46. The molecule has 1 heterocycles. The van der Waals surface area contributed by atoms with Gasteiger partial charge in [-0.15, -0.1) is 0 Å². The molecule has 1 unspecified atom stereocenters. The van der Waals surface area contributed by atoms with E-state index in [1.165, 1.54) is 19.4 Å². The molecule has 0 bridgehead atoms. The molecule has 0 amide bonds. The molecule has 1 N–H and O–H groups in total. The van der Waals surface area contributed by atoms with E-state index >= 15 is 0 Å². The van der Waals surface area contributed by atoms with Gasteiger partial charge in [-0.05, 0) is 30.5 Å². The summed E-state index contributed by atoms with van der Waals surface area (Å²) >= 11 is 12.2. The summed E-state index contributed by atoms with van der Waals surface area (Å²) in [5, 5.41) is 0.588. The van der Waals surface area contributed by atoms with Crippen molar-refractivity contribution in [1.29, 1.82) is 0 Å². The van der Waals surface area contributed by atoms with Gasteiger partial charge in [-0.3, -0.25) is 9.10 Å². The van der Waals surface area contributed by atoms with Crippen LogP contribution < -0.4 is 4.72 Å². The molecule has 0 fully saturated rings. The molecule has 0 saturated heterocycles. The Morgan fingerprint density at radius 2 is 1.97 bits per heavy atom. The smallest absolute Gasteiger partial charge is 0.337 e. The molecule has 1 aromatic carbocycles. The van der Waals surface area contributed by atoms with Gasteiger partial charge in [-0.1, -0.05) is 42.6 Å². The van der Waals surface area contributed by atoms with Crippen molar-refractivity contribution in [3.63, 3.8) is 0 Å². The van der Waals surface area contributed by atoms with E-state index < -0.39 is 28.2 Å². The molecule has 166 valence electrons. The fourth-order valence-electron chi connectivity index (χ4n) is 2.77. The van der Waals surface area contributed by atoms with E-state index in [1.807, 2.05) is 6.92 Å². The van der Waals surface area contributed by atoms with Gasteiger partial charge < -0.3 is 9.47 Å². The van der Waals surface area contributed by atoms with Gasteiger partial charge in [0, 0.05) is 29.2 Å². The molecule has 0 aliphatic carbocycles. The molecule has 0 aromatic heterocycles. The predicted octanol–water partition coefficient (Wildman–Crippen LogP) is 3.36. The van der Waals surface area contributed by atoms with Crippen LogP contribution >= 0.6 is 23.2 Å². The third-order valence-corrected chi connectivity index (χ3v) is 6.40. The van der Waals surface area contributed by atoms with E-state index in [1.54, 1.807) is 12.1 Å². The molecule has 0 radical (unpaired) electrons. The summed E-state index contributed by atoms with van der Waals surface area (Å²) in [5.74, 6) is -1.11. The molecule has 30 heavy (non-hydrogen) atoms. The number of nitrogens with one attached hydrogen (secondary N) is 1. The molecule has 1 aliphatic rings. The highest BCUT2D eigenvalue weighted by atomic mass is 35.5. The number of esters is 2. The van der Waals surface area contributed by atoms with Crippen LogP contribution in [-0.4, -0.2) is 44.9 Å². The number of unbranched alkanes of at least 4 members (excludes halogenated alkanes) is 1. The lowest BCUT2D eigenvalue weighted by atomic mass is 10.00. The number of methoxy groups -OCH3 is 1. The van der Waals surface area contributed by atoms with E-state index in [0.717, 1.165) is 10.7 Å². The maximum Gasteiger partial charge on any atom is 0.337 e. The van der Waals surface area contributed by atoms with E-state index in [0.29, 0.717) is 17.0 Å². The molecule has 2 rings (SSSR count). The van der Waals surface area contributed by atoms with Gasteiger partial charge in [-0.2, -0.15) is 13.1 Å². The van der Waals surface area contributed by atoms with Gasteiger partial charge in [0.1, 0.15) is 0 Å². The second kappa shape index (κ2) is 11.0. The number of halogens is 2. The fraction of sp³-hybridized carbons (Fsp3) is 0.474. The van der Waals surface area contributed by atoms with Crippen molar-refractivity contribution in [3.05, 3.63) is 45.6 Å². The largest absolute Gasteiger partial charge is 0.469 e. The van der Waals surface area contributed by atoms with Crippen LogP contribution in [0.2, 0.25) is 10.0 Å². The minimum absolute atomic E-state index is 0.0166. The first-order chi connectivity index (χ1) is 14.2. The third kappa shape index (κ3) is 6.34. The number of carbonyl (C=O) groups is 2. The van der Waals surface area contributed by atoms with Crippen molar-refractivity contribution in [2.24, 2.45) is 0 Å². The third-order valence-electron chi connectivity index (χ3n) is 4.40. The standard InChI is InChI=1S/C19H24Cl2N2O6S/c1-3-4-10-29-19(25)15-12-23(9-5-6-17(24)28-2)30(26,27)22-18(15)14-8-7-13(20)11-16(14)21/h7-8,11-12,18,22H,3-6,9-10H2,1-2H3. The lowest BCUT2D eigenvalue weighted by molar-refractivity contribution is -0.141. The van der Waals surface area contributed by atoms with Crippen LogP contribution in [0.4, 0.5) is 0 Å². The van der Waals surface area contributed by atoms with Gasteiger partial charge in [0.05, 0.1) is 25.3 Å². The first kappa shape index (κ1) is 24.5. The Bertz CT molecular complexity index is 920. The quantitative estimate of drug-likeness (QED) is 0.431. The minimum Gasteiger partial charge on any atom is -0.469 e. The van der Waals surface area contributed by atoms with Crippen molar-refractivity contribution in [2.75, 3.05) is 20.3 Å². The van der Waals surface area contributed by atoms with Crippen molar-refractivity contribution in [1.82, 2.24) is 9.03 Å². The highest BCUT2D eigenvalue weighted by Crippen LogP contribution is 2.34. The van der Waals surface area contributed by atoms with Gasteiger partial charge in [0.25, 0.3) is 0 Å². The SMILES string of the molecule is CCCCOC(=O)C1=CN(CCCC(=O)OC)S(=O)(=O)NC1c1ccc(Cl)cc1Cl. The Balaban J connectivity index is 2.37. The summed E-state index contributed by atoms with van der Waals surface area (Å²) in [6.45, 7) is 2.15. The zero-order valence-corrected chi connectivity index (χ0v) is 19.0. The number of hydrogen-bond acceptors (Lipinski definition) is 6. The molecule has 1 aliphatic heterocycles. The summed E-state index contributed by atoms with van der Waals surface area (Å²) in [6, 6.07) is 3.54. The van der Waals surface area contributed by atoms with E-state index in [-0.39, 0.29) is 36.6 Å². The second-order valence-electron chi connectivity index (χ2n) is 6.59. The first-order valence-electron chi connectivity index (χ1n) is 9.39. The number of ether oxygens (including phenoxy) is 2. The topological polar surface area (TPSA) is 102 Å². The van der Waals surface area contributed by atoms with Crippen molar-refractivity contribution in [2.45, 2.75) is 38.6 Å². The van der Waals surface area contributed by atoms with Crippen LogP contribution in [0, 0.1) is 0 Å². The van der Waals surface area contributed by atoms with Crippen LogP contribution in [0.3, 0.4) is 0 Å². The Morgan fingerprint density at radius 1 is 1.23 bits per heavy atom. The number of rotatable bonds is 9. The monoisotopic (exact) mass is 478 g/mol. The average Bonchev–Trinajstić information content (AvgIpc) is 2.68. The minimum atomic E-state index is -3.99.